The third-order valence-electron chi connectivity index (χ3n) is 19.9. The van der Waals surface area contributed by atoms with Crippen LogP contribution in [0.25, 0.3) is 0 Å². The first-order valence-corrected chi connectivity index (χ1v) is 30.9. The Balaban J connectivity index is 0.722. The van der Waals surface area contributed by atoms with Crippen LogP contribution in [0.2, 0.25) is 0 Å². The molecular formula is C65H102N2O14. The number of epoxide rings is 1. The lowest BCUT2D eigenvalue weighted by Crippen LogP contribution is -2.74. The number of rotatable bonds is 27. The molecule has 16 nitrogen and oxygen atoms in total. The van der Waals surface area contributed by atoms with Gasteiger partial charge in [0.1, 0.15) is 56.2 Å². The number of benzene rings is 2. The maximum Gasteiger partial charge on any atom is 0.305 e. The second-order valence-corrected chi connectivity index (χ2v) is 26.6. The molecule has 0 aromatic heterocycles. The second kappa shape index (κ2) is 26.1. The summed E-state index contributed by atoms with van der Waals surface area (Å²) in [7, 11) is 0. The van der Waals surface area contributed by atoms with Crippen molar-refractivity contribution in [1.29, 1.82) is 0 Å². The van der Waals surface area contributed by atoms with Gasteiger partial charge in [-0.15, -0.1) is 0 Å². The number of ether oxygens (including phenoxy) is 10. The molecule has 6 heterocycles. The minimum atomic E-state index is -0.822. The largest absolute Gasteiger partial charge is 0.491 e. The molecule has 0 saturated carbocycles. The summed E-state index contributed by atoms with van der Waals surface area (Å²) in [5, 5.41) is 4.50. The fourth-order valence-electron chi connectivity index (χ4n) is 12.8. The van der Waals surface area contributed by atoms with Crippen LogP contribution in [0, 0.1) is 22.7 Å². The van der Waals surface area contributed by atoms with Crippen molar-refractivity contribution in [1.82, 2.24) is 10.1 Å². The van der Waals surface area contributed by atoms with Crippen LogP contribution < -0.4 is 9.47 Å². The number of piperidine rings is 2. The Hall–Kier alpha value is -3.42. The molecular weight excluding hydrogens is 1030 g/mol. The average molecular weight is 1140 g/mol. The molecule has 2 spiro atoms. The molecule has 0 N–H and O–H groups in total. The lowest BCUT2D eigenvalue weighted by Gasteiger charge is -2.64. The van der Waals surface area contributed by atoms with Gasteiger partial charge in [-0.3, -0.25) is 19.3 Å². The van der Waals surface area contributed by atoms with Gasteiger partial charge in [0.25, 0.3) is 0 Å². The van der Waals surface area contributed by atoms with Crippen LogP contribution in [-0.2, 0) is 57.2 Å². The summed E-state index contributed by atoms with van der Waals surface area (Å²) in [5.74, 6) is -0.522. The minimum Gasteiger partial charge on any atom is -0.491 e. The zero-order valence-electron chi connectivity index (χ0n) is 52.0. The fraction of sp³-hybridized carbons (Fsp3) is 0.785. The number of unbranched alkanes of at least 4 members (excludes halogenated alkanes) is 3. The molecule has 2 aromatic rings. The predicted molar refractivity (Wildman–Crippen MR) is 308 cm³/mol. The summed E-state index contributed by atoms with van der Waals surface area (Å²) < 4.78 is 61.9. The summed E-state index contributed by atoms with van der Waals surface area (Å²) in [6.45, 7) is 35.4. The van der Waals surface area contributed by atoms with Gasteiger partial charge < -0.3 is 47.4 Å². The van der Waals surface area contributed by atoms with Crippen LogP contribution >= 0.6 is 0 Å². The van der Waals surface area contributed by atoms with Crippen molar-refractivity contribution < 1.29 is 66.6 Å². The van der Waals surface area contributed by atoms with Gasteiger partial charge in [0.05, 0.1) is 50.2 Å². The molecule has 0 amide bonds. The highest BCUT2D eigenvalue weighted by molar-refractivity contribution is 5.69. The van der Waals surface area contributed by atoms with E-state index in [0.717, 1.165) is 80.8 Å². The van der Waals surface area contributed by atoms with Gasteiger partial charge in [-0.05, 0) is 115 Å². The molecule has 6 fully saturated rings. The topological polar surface area (TPSA) is 155 Å². The summed E-state index contributed by atoms with van der Waals surface area (Å²) in [6, 6.07) is 16.3. The maximum absolute atomic E-state index is 13.1. The molecule has 2 aromatic carbocycles. The van der Waals surface area contributed by atoms with E-state index in [0.29, 0.717) is 78.2 Å². The van der Waals surface area contributed by atoms with Gasteiger partial charge in [-0.25, -0.2) is 0 Å². The third kappa shape index (κ3) is 14.3. The number of hydroxylamine groups is 4. The van der Waals surface area contributed by atoms with Crippen LogP contribution in [0.15, 0.2) is 48.5 Å². The Morgan fingerprint density at radius 3 is 1.25 bits per heavy atom. The Morgan fingerprint density at radius 1 is 0.556 bits per heavy atom. The average Bonchev–Trinajstić information content (AvgIpc) is 4.33. The van der Waals surface area contributed by atoms with E-state index in [1.807, 2.05) is 24.3 Å². The molecule has 456 valence electrons. The van der Waals surface area contributed by atoms with E-state index in [2.05, 4.69) is 131 Å². The Labute approximate surface area is 485 Å². The predicted octanol–water partition coefficient (Wildman–Crippen LogP) is 12.6. The van der Waals surface area contributed by atoms with Gasteiger partial charge in [-0.1, -0.05) is 92.5 Å². The molecule has 6 saturated heterocycles. The molecule has 0 bridgehead atoms. The van der Waals surface area contributed by atoms with E-state index in [-0.39, 0.29) is 72.5 Å². The van der Waals surface area contributed by atoms with Gasteiger partial charge in [-0.2, -0.15) is 10.1 Å². The highest BCUT2D eigenvalue weighted by atomic mass is 16.7. The summed E-state index contributed by atoms with van der Waals surface area (Å²) >= 11 is 0. The molecule has 8 rings (SSSR count). The van der Waals surface area contributed by atoms with Crippen LogP contribution in [0.1, 0.15) is 204 Å². The number of carbonyl (C=O) groups is 2. The molecule has 10 atom stereocenters. The highest BCUT2D eigenvalue weighted by Crippen LogP contribution is 2.57. The lowest BCUT2D eigenvalue weighted by molar-refractivity contribution is -0.416. The molecule has 6 aliphatic heterocycles. The van der Waals surface area contributed by atoms with Gasteiger partial charge in [0.2, 0.25) is 0 Å². The molecule has 10 unspecified atom stereocenters. The van der Waals surface area contributed by atoms with Crippen molar-refractivity contribution in [2.75, 3.05) is 66.1 Å². The van der Waals surface area contributed by atoms with E-state index < -0.39 is 33.5 Å². The van der Waals surface area contributed by atoms with Gasteiger partial charge in [0.15, 0.2) is 11.6 Å². The monoisotopic (exact) mass is 1130 g/mol. The van der Waals surface area contributed by atoms with E-state index in [9.17, 15) is 9.59 Å². The first kappa shape index (κ1) is 63.6. The van der Waals surface area contributed by atoms with E-state index in [1.54, 1.807) is 0 Å². The molecule has 6 aliphatic rings. The second-order valence-electron chi connectivity index (χ2n) is 26.6. The Morgan fingerprint density at radius 2 is 0.926 bits per heavy atom. The van der Waals surface area contributed by atoms with Crippen molar-refractivity contribution >= 4 is 11.9 Å². The first-order valence-electron chi connectivity index (χ1n) is 30.9. The molecule has 0 radical (unpaired) electrons. The summed E-state index contributed by atoms with van der Waals surface area (Å²) in [6.07, 6.45) is 9.25. The summed E-state index contributed by atoms with van der Waals surface area (Å²) in [4.78, 5) is 40.1. The third-order valence-corrected chi connectivity index (χ3v) is 19.9. The fourth-order valence-corrected chi connectivity index (χ4v) is 12.8. The van der Waals surface area contributed by atoms with Crippen LogP contribution in [0.4, 0.5) is 0 Å². The number of esters is 2. The first-order chi connectivity index (χ1) is 38.4. The van der Waals surface area contributed by atoms with Gasteiger partial charge >= 0.3 is 11.9 Å². The quantitative estimate of drug-likeness (QED) is 0.0473. The number of carbonyl (C=O) groups excluding carboxylic acids is 2. The Kier molecular flexibility index (Phi) is 20.5. The van der Waals surface area contributed by atoms with Crippen LogP contribution in [0.3, 0.4) is 0 Å². The smallest absolute Gasteiger partial charge is 0.305 e. The SMILES string of the molecule is CCC1(C)CC2(OCC(C)(COC(=O)CCCCCCC(=O)OCC3(C)COC4(CC(C)(CC)N(OC(C)c5ccc(OCC6CO6)cc5)C(C)(CC)C4C)OC3)CO2)C(C)C(C)(CC)N1OC(C)c1ccc(OCC2CCO2)cc1. The van der Waals surface area contributed by atoms with E-state index in [4.69, 9.17) is 57.0 Å². The Bertz CT molecular complexity index is 2350. The van der Waals surface area contributed by atoms with Crippen molar-refractivity contribution in [3.05, 3.63) is 59.7 Å². The zero-order valence-corrected chi connectivity index (χ0v) is 52.0. The van der Waals surface area contributed by atoms with E-state index in [1.165, 1.54) is 0 Å². The van der Waals surface area contributed by atoms with Crippen molar-refractivity contribution in [3.63, 3.8) is 0 Å². The van der Waals surface area contributed by atoms with Crippen molar-refractivity contribution in [3.8, 4) is 11.5 Å². The maximum atomic E-state index is 13.1. The molecule has 0 aliphatic carbocycles. The van der Waals surface area contributed by atoms with Crippen molar-refractivity contribution in [2.24, 2.45) is 22.7 Å². The highest BCUT2D eigenvalue weighted by Gasteiger charge is 2.65. The number of hydrogen-bond acceptors (Lipinski definition) is 16. The standard InChI is InChI=1S/C65H102N2O14/c1-15-60(11)38-64(48(7)62(13,17-3)66(60)80-46(5)50-25-29-52(30-26-50)71-35-54-33-34-70-54)76-42-58(9,43-77-64)40-74-56(68)23-21-19-20-22-24-57(69)75-41-59(10)44-78-65(79-45-59)39-61(12,16-2)67(63(14,18-4)49(65)8)81-47(6)51-27-31-53(32-28-51)72-36-55-37-73-55/h25-32,46-49,54-55H,15-24,33-45H2,1-14H3. The van der Waals surface area contributed by atoms with Crippen molar-refractivity contribution in [2.45, 2.75) is 239 Å². The number of hydrogen-bond donors (Lipinski definition) is 0. The van der Waals surface area contributed by atoms with Gasteiger partial charge in [0, 0.05) is 72.5 Å². The molecule has 16 heteroatoms. The normalized spacial score (nSPS) is 36.9. The molecule has 81 heavy (non-hydrogen) atoms. The zero-order chi connectivity index (χ0) is 58.5. The minimum absolute atomic E-state index is 0.0333. The van der Waals surface area contributed by atoms with Crippen LogP contribution in [-0.4, -0.2) is 134 Å². The summed E-state index contributed by atoms with van der Waals surface area (Å²) in [5.41, 5.74) is -0.414. The lowest BCUT2D eigenvalue weighted by atomic mass is 9.67. The number of nitrogens with zero attached hydrogens (tertiary/aromatic N) is 2. The van der Waals surface area contributed by atoms with Crippen LogP contribution in [0.5, 0.6) is 11.5 Å². The van der Waals surface area contributed by atoms with E-state index >= 15 is 0 Å².